The fourth-order valence-corrected chi connectivity index (χ4v) is 1.65. The minimum atomic E-state index is 0.917. The molecule has 0 bridgehead atoms. The number of likely N-dealkylation sites (tertiary alicyclic amines) is 1. The van der Waals surface area contributed by atoms with Crippen LogP contribution in [-0.4, -0.2) is 31.2 Å². The zero-order chi connectivity index (χ0) is 7.45. The lowest BCUT2D eigenvalue weighted by atomic mass is 10.1. The van der Waals surface area contributed by atoms with Crippen LogP contribution in [0.4, 0.5) is 0 Å². The molecule has 1 fully saturated rings. The van der Waals surface area contributed by atoms with Gasteiger partial charge in [0.15, 0.2) is 0 Å². The van der Waals surface area contributed by atoms with E-state index >= 15 is 0 Å². The van der Waals surface area contributed by atoms with Gasteiger partial charge in [-0.15, -0.1) is 6.42 Å². The number of quaternary nitrogens is 1. The maximum atomic E-state index is 5.28. The molecule has 56 valence electrons. The summed E-state index contributed by atoms with van der Waals surface area (Å²) < 4.78 is 1.11. The maximum absolute atomic E-state index is 5.28. The Morgan fingerprint density at radius 2 is 1.90 bits per heavy atom. The van der Waals surface area contributed by atoms with E-state index in [1.165, 1.54) is 32.4 Å². The summed E-state index contributed by atoms with van der Waals surface area (Å²) in [6, 6.07) is 0. The molecule has 0 unspecified atom stereocenters. The topological polar surface area (TPSA) is 0 Å². The Bertz CT molecular complexity index is 137. The summed E-state index contributed by atoms with van der Waals surface area (Å²) in [6.45, 7) is 3.48. The van der Waals surface area contributed by atoms with Gasteiger partial charge in [-0.05, 0) is 25.2 Å². The van der Waals surface area contributed by atoms with Gasteiger partial charge in [-0.2, -0.15) is 0 Å². The quantitative estimate of drug-likeness (QED) is 0.378. The van der Waals surface area contributed by atoms with Crippen LogP contribution in [0.25, 0.3) is 0 Å². The van der Waals surface area contributed by atoms with E-state index in [2.05, 4.69) is 13.0 Å². The van der Waals surface area contributed by atoms with Crippen molar-refractivity contribution in [3.63, 3.8) is 0 Å². The maximum Gasteiger partial charge on any atom is 0.140 e. The third-order valence-corrected chi connectivity index (χ3v) is 2.37. The van der Waals surface area contributed by atoms with Gasteiger partial charge in [-0.25, -0.2) is 0 Å². The van der Waals surface area contributed by atoms with Gasteiger partial charge in [-0.3, -0.25) is 0 Å². The van der Waals surface area contributed by atoms with Crippen molar-refractivity contribution in [3.05, 3.63) is 0 Å². The van der Waals surface area contributed by atoms with E-state index in [0.717, 1.165) is 11.0 Å². The molecule has 0 amide bonds. The molecule has 0 aromatic carbocycles. The lowest BCUT2D eigenvalue weighted by Crippen LogP contribution is -2.47. The van der Waals surface area contributed by atoms with Crippen LogP contribution < -0.4 is 0 Å². The van der Waals surface area contributed by atoms with E-state index in [4.69, 9.17) is 6.42 Å². The molecule has 0 N–H and O–H groups in total. The molecule has 1 saturated heterocycles. The summed E-state index contributed by atoms with van der Waals surface area (Å²) in [5.41, 5.74) is 0. The van der Waals surface area contributed by atoms with Crippen LogP contribution in [-0.2, 0) is 0 Å². The standard InChI is InChI=1S/C9H16N/c1-3-7-10(2)8-5-4-6-9-10/h1H,4-9H2,2H3/q+1. The highest BCUT2D eigenvalue weighted by atomic mass is 15.3. The molecule has 1 aliphatic rings. The minimum absolute atomic E-state index is 0.917. The van der Waals surface area contributed by atoms with Gasteiger partial charge in [0.25, 0.3) is 0 Å². The monoisotopic (exact) mass is 138 g/mol. The van der Waals surface area contributed by atoms with E-state index in [0.29, 0.717) is 0 Å². The summed E-state index contributed by atoms with van der Waals surface area (Å²) >= 11 is 0. The Labute approximate surface area is 63.6 Å². The van der Waals surface area contributed by atoms with Crippen molar-refractivity contribution in [2.45, 2.75) is 19.3 Å². The highest BCUT2D eigenvalue weighted by Gasteiger charge is 2.22. The first-order chi connectivity index (χ1) is 4.77. The third-order valence-electron chi connectivity index (χ3n) is 2.37. The van der Waals surface area contributed by atoms with Crippen LogP contribution in [0.2, 0.25) is 0 Å². The molecule has 1 heterocycles. The predicted octanol–water partition coefficient (Wildman–Crippen LogP) is 1.25. The second-order valence-electron chi connectivity index (χ2n) is 3.49. The van der Waals surface area contributed by atoms with Gasteiger partial charge in [0, 0.05) is 0 Å². The van der Waals surface area contributed by atoms with E-state index in [1.807, 2.05) is 0 Å². The lowest BCUT2D eigenvalue weighted by Gasteiger charge is -2.35. The zero-order valence-corrected chi connectivity index (χ0v) is 6.77. The highest BCUT2D eigenvalue weighted by Crippen LogP contribution is 2.14. The van der Waals surface area contributed by atoms with E-state index in [-0.39, 0.29) is 0 Å². The van der Waals surface area contributed by atoms with Crippen LogP contribution in [0.3, 0.4) is 0 Å². The molecule has 0 spiro atoms. The van der Waals surface area contributed by atoms with E-state index in [9.17, 15) is 0 Å². The van der Waals surface area contributed by atoms with Crippen LogP contribution in [0.1, 0.15) is 19.3 Å². The normalized spacial score (nSPS) is 23.6. The molecule has 0 radical (unpaired) electrons. The van der Waals surface area contributed by atoms with Gasteiger partial charge in [0.05, 0.1) is 20.1 Å². The Hall–Kier alpha value is -0.480. The number of piperidine rings is 1. The Balaban J connectivity index is 2.42. The van der Waals surface area contributed by atoms with Gasteiger partial charge in [-0.1, -0.05) is 0 Å². The second kappa shape index (κ2) is 3.07. The summed E-state index contributed by atoms with van der Waals surface area (Å²) in [5, 5.41) is 0. The molecule has 0 aromatic heterocycles. The van der Waals surface area contributed by atoms with Crippen molar-refractivity contribution in [1.82, 2.24) is 0 Å². The SMILES string of the molecule is C#CC[N+]1(C)CCCCC1. The average Bonchev–Trinajstić information content (AvgIpc) is 1.89. The average molecular weight is 138 g/mol. The first-order valence-electron chi connectivity index (χ1n) is 4.04. The summed E-state index contributed by atoms with van der Waals surface area (Å²) in [7, 11) is 2.26. The Morgan fingerprint density at radius 3 is 2.40 bits per heavy atom. The van der Waals surface area contributed by atoms with Crippen molar-refractivity contribution in [1.29, 1.82) is 0 Å². The number of terminal acetylenes is 1. The second-order valence-corrected chi connectivity index (χ2v) is 3.49. The molecule has 1 heteroatoms. The summed E-state index contributed by atoms with van der Waals surface area (Å²) in [6.07, 6.45) is 9.40. The minimum Gasteiger partial charge on any atom is -0.316 e. The van der Waals surface area contributed by atoms with Gasteiger partial charge >= 0.3 is 0 Å². The first kappa shape index (κ1) is 7.63. The van der Waals surface area contributed by atoms with Gasteiger partial charge < -0.3 is 4.48 Å². The fourth-order valence-electron chi connectivity index (χ4n) is 1.65. The van der Waals surface area contributed by atoms with Crippen LogP contribution in [0.5, 0.6) is 0 Å². The molecule has 1 nitrogen and oxygen atoms in total. The third kappa shape index (κ3) is 1.75. The lowest BCUT2D eigenvalue weighted by molar-refractivity contribution is -0.907. The fraction of sp³-hybridized carbons (Fsp3) is 0.778. The first-order valence-corrected chi connectivity index (χ1v) is 4.04. The Kier molecular flexibility index (Phi) is 2.34. The molecular formula is C9H16N+. The smallest absolute Gasteiger partial charge is 0.140 e. The van der Waals surface area contributed by atoms with Crippen molar-refractivity contribution < 1.29 is 4.48 Å². The van der Waals surface area contributed by atoms with E-state index < -0.39 is 0 Å². The Morgan fingerprint density at radius 1 is 1.30 bits per heavy atom. The van der Waals surface area contributed by atoms with Crippen LogP contribution in [0, 0.1) is 12.3 Å². The van der Waals surface area contributed by atoms with Gasteiger partial charge in [0.2, 0.25) is 0 Å². The number of rotatable bonds is 1. The molecule has 0 saturated carbocycles. The van der Waals surface area contributed by atoms with Crippen molar-refractivity contribution in [3.8, 4) is 12.3 Å². The largest absolute Gasteiger partial charge is 0.316 e. The summed E-state index contributed by atoms with van der Waals surface area (Å²) in [5.74, 6) is 2.75. The molecular weight excluding hydrogens is 122 g/mol. The molecule has 0 aliphatic carbocycles. The predicted molar refractivity (Wildman–Crippen MR) is 43.5 cm³/mol. The summed E-state index contributed by atoms with van der Waals surface area (Å²) in [4.78, 5) is 0. The highest BCUT2D eigenvalue weighted by molar-refractivity contribution is 4.83. The molecule has 10 heavy (non-hydrogen) atoms. The molecule has 0 atom stereocenters. The molecule has 1 aliphatic heterocycles. The number of nitrogens with zero attached hydrogens (tertiary/aromatic N) is 1. The number of hydrogen-bond acceptors (Lipinski definition) is 0. The molecule has 0 aromatic rings. The van der Waals surface area contributed by atoms with Gasteiger partial charge in [0.1, 0.15) is 6.54 Å². The van der Waals surface area contributed by atoms with Crippen molar-refractivity contribution >= 4 is 0 Å². The van der Waals surface area contributed by atoms with E-state index in [1.54, 1.807) is 0 Å². The molecule has 1 rings (SSSR count). The van der Waals surface area contributed by atoms with Crippen LogP contribution in [0.15, 0.2) is 0 Å². The van der Waals surface area contributed by atoms with Crippen molar-refractivity contribution in [2.75, 3.05) is 26.7 Å². The zero-order valence-electron chi connectivity index (χ0n) is 6.77. The number of hydrogen-bond donors (Lipinski definition) is 0. The van der Waals surface area contributed by atoms with Crippen molar-refractivity contribution in [2.24, 2.45) is 0 Å². The van der Waals surface area contributed by atoms with Crippen LogP contribution >= 0.6 is 0 Å².